The first-order valence-corrected chi connectivity index (χ1v) is 6.81. The van der Waals surface area contributed by atoms with Crippen molar-refractivity contribution in [2.24, 2.45) is 0 Å². The van der Waals surface area contributed by atoms with Crippen molar-refractivity contribution in [3.63, 3.8) is 0 Å². The molecule has 0 fully saturated rings. The van der Waals surface area contributed by atoms with Gasteiger partial charge in [-0.15, -0.1) is 0 Å². The van der Waals surface area contributed by atoms with Crippen LogP contribution < -0.4 is 10.6 Å². The molecule has 21 heavy (non-hydrogen) atoms. The number of nitrogens with zero attached hydrogens (tertiary/aromatic N) is 2. The molecule has 0 unspecified atom stereocenters. The molecule has 1 heterocycles. The van der Waals surface area contributed by atoms with Crippen molar-refractivity contribution in [3.05, 3.63) is 41.8 Å². The van der Waals surface area contributed by atoms with Gasteiger partial charge in [-0.3, -0.25) is 4.79 Å². The quantitative estimate of drug-likeness (QED) is 0.799. The molecule has 0 amide bonds. The average Bonchev–Trinajstić information content (AvgIpc) is 2.45. The van der Waals surface area contributed by atoms with Gasteiger partial charge in [0.2, 0.25) is 5.95 Å². The van der Waals surface area contributed by atoms with Gasteiger partial charge in [-0.2, -0.15) is 4.98 Å². The number of hydrogen-bond acceptors (Lipinski definition) is 5. The van der Waals surface area contributed by atoms with Crippen LogP contribution in [-0.4, -0.2) is 21.8 Å². The van der Waals surface area contributed by atoms with Gasteiger partial charge in [0.1, 0.15) is 11.6 Å². The maximum absolute atomic E-state index is 13.1. The second kappa shape index (κ2) is 6.99. The Morgan fingerprint density at radius 3 is 2.90 bits per heavy atom. The van der Waals surface area contributed by atoms with Crippen LogP contribution in [0.15, 0.2) is 30.5 Å². The Hall–Kier alpha value is -2.21. The predicted octanol–water partition coefficient (Wildman–Crippen LogP) is 3.56. The Morgan fingerprint density at radius 2 is 2.24 bits per heavy atom. The molecule has 1 aromatic carbocycles. The highest BCUT2D eigenvalue weighted by atomic mass is 35.5. The third kappa shape index (κ3) is 4.13. The highest BCUT2D eigenvalue weighted by molar-refractivity contribution is 6.68. The second-order valence-electron chi connectivity index (χ2n) is 4.29. The van der Waals surface area contributed by atoms with E-state index in [0.717, 1.165) is 6.42 Å². The standard InChI is InChI=1S/C14H14ClFN4O/c1-2-6-17-13-11(12(15)21)8-18-14(20-13)19-10-5-3-4-9(16)7-10/h3-5,7-8H,2,6H2,1H3,(H2,17,18,19,20). The number of hydrogen-bond donors (Lipinski definition) is 2. The van der Waals surface area contributed by atoms with Crippen molar-refractivity contribution in [2.75, 3.05) is 17.2 Å². The Morgan fingerprint density at radius 1 is 1.43 bits per heavy atom. The number of carbonyl (C=O) groups is 1. The SMILES string of the molecule is CCCNc1nc(Nc2cccc(F)c2)ncc1C(=O)Cl. The van der Waals surface area contributed by atoms with Crippen molar-refractivity contribution in [1.82, 2.24) is 9.97 Å². The van der Waals surface area contributed by atoms with Crippen LogP contribution in [0.1, 0.15) is 23.7 Å². The zero-order valence-electron chi connectivity index (χ0n) is 11.4. The summed E-state index contributed by atoms with van der Waals surface area (Å²) in [6.45, 7) is 2.63. The van der Waals surface area contributed by atoms with E-state index in [1.807, 2.05) is 6.92 Å². The monoisotopic (exact) mass is 308 g/mol. The normalized spacial score (nSPS) is 10.2. The summed E-state index contributed by atoms with van der Waals surface area (Å²) >= 11 is 5.49. The molecule has 0 bridgehead atoms. The molecule has 2 aromatic rings. The minimum absolute atomic E-state index is 0.204. The molecule has 0 saturated carbocycles. The smallest absolute Gasteiger partial charge is 0.257 e. The summed E-state index contributed by atoms with van der Waals surface area (Å²) in [5.41, 5.74) is 0.719. The molecule has 110 valence electrons. The first-order valence-electron chi connectivity index (χ1n) is 6.43. The lowest BCUT2D eigenvalue weighted by molar-refractivity contribution is 0.108. The Kier molecular flexibility index (Phi) is 5.05. The van der Waals surface area contributed by atoms with E-state index < -0.39 is 5.24 Å². The van der Waals surface area contributed by atoms with E-state index >= 15 is 0 Å². The van der Waals surface area contributed by atoms with Crippen LogP contribution in [0.5, 0.6) is 0 Å². The number of aromatic nitrogens is 2. The van der Waals surface area contributed by atoms with Crippen LogP contribution in [0.3, 0.4) is 0 Å². The molecular weight excluding hydrogens is 295 g/mol. The van der Waals surface area contributed by atoms with Gasteiger partial charge in [0.15, 0.2) is 0 Å². The molecule has 0 saturated heterocycles. The predicted molar refractivity (Wildman–Crippen MR) is 80.7 cm³/mol. The van der Waals surface area contributed by atoms with Gasteiger partial charge in [0, 0.05) is 18.4 Å². The van der Waals surface area contributed by atoms with Crippen molar-refractivity contribution in [1.29, 1.82) is 0 Å². The van der Waals surface area contributed by atoms with Gasteiger partial charge in [-0.05, 0) is 36.2 Å². The molecule has 5 nitrogen and oxygen atoms in total. The van der Waals surface area contributed by atoms with Crippen molar-refractivity contribution >= 4 is 34.3 Å². The summed E-state index contributed by atoms with van der Waals surface area (Å²) in [6.07, 6.45) is 2.20. The van der Waals surface area contributed by atoms with Gasteiger partial charge in [-0.25, -0.2) is 9.37 Å². The summed E-state index contributed by atoms with van der Waals surface area (Å²) in [6, 6.07) is 5.93. The zero-order chi connectivity index (χ0) is 15.2. The van der Waals surface area contributed by atoms with Crippen LogP contribution in [0.25, 0.3) is 0 Å². The lowest BCUT2D eigenvalue weighted by Gasteiger charge is -2.10. The number of anilines is 3. The largest absolute Gasteiger partial charge is 0.369 e. The van der Waals surface area contributed by atoms with E-state index in [4.69, 9.17) is 11.6 Å². The first kappa shape index (κ1) is 15.2. The molecule has 1 aromatic heterocycles. The summed E-state index contributed by atoms with van der Waals surface area (Å²) in [4.78, 5) is 19.5. The van der Waals surface area contributed by atoms with Crippen molar-refractivity contribution in [3.8, 4) is 0 Å². The minimum atomic E-state index is -0.633. The van der Waals surface area contributed by atoms with Crippen LogP contribution in [-0.2, 0) is 0 Å². The van der Waals surface area contributed by atoms with E-state index in [9.17, 15) is 9.18 Å². The van der Waals surface area contributed by atoms with Crippen molar-refractivity contribution < 1.29 is 9.18 Å². The fraction of sp³-hybridized carbons (Fsp3) is 0.214. The third-order valence-corrected chi connectivity index (χ3v) is 2.83. The minimum Gasteiger partial charge on any atom is -0.369 e. The summed E-state index contributed by atoms with van der Waals surface area (Å²) in [5, 5.41) is 5.25. The molecule has 0 aliphatic carbocycles. The first-order chi connectivity index (χ1) is 10.1. The van der Waals surface area contributed by atoms with E-state index in [1.54, 1.807) is 12.1 Å². The molecule has 2 rings (SSSR count). The molecule has 2 N–H and O–H groups in total. The fourth-order valence-corrected chi connectivity index (χ4v) is 1.80. The number of halogens is 2. The molecule has 0 aliphatic heterocycles. The maximum Gasteiger partial charge on any atom is 0.257 e. The van der Waals surface area contributed by atoms with Gasteiger partial charge >= 0.3 is 0 Å². The van der Waals surface area contributed by atoms with Crippen molar-refractivity contribution in [2.45, 2.75) is 13.3 Å². The van der Waals surface area contributed by atoms with Gasteiger partial charge < -0.3 is 10.6 Å². The Labute approximate surface area is 126 Å². The van der Waals surface area contributed by atoms with Crippen LogP contribution in [0, 0.1) is 5.82 Å². The Bertz CT molecular complexity index is 651. The summed E-state index contributed by atoms with van der Waals surface area (Å²) in [5.74, 6) is 0.239. The maximum atomic E-state index is 13.1. The third-order valence-electron chi connectivity index (χ3n) is 2.62. The highest BCUT2D eigenvalue weighted by Gasteiger charge is 2.12. The fourth-order valence-electron chi connectivity index (χ4n) is 1.66. The van der Waals surface area contributed by atoms with E-state index in [0.29, 0.717) is 18.1 Å². The Balaban J connectivity index is 2.26. The van der Waals surface area contributed by atoms with Crippen LogP contribution in [0.4, 0.5) is 21.8 Å². The topological polar surface area (TPSA) is 66.9 Å². The van der Waals surface area contributed by atoms with E-state index in [-0.39, 0.29) is 17.3 Å². The highest BCUT2D eigenvalue weighted by Crippen LogP contribution is 2.19. The van der Waals surface area contributed by atoms with E-state index in [1.165, 1.54) is 18.3 Å². The summed E-state index contributed by atoms with van der Waals surface area (Å²) < 4.78 is 13.1. The number of rotatable bonds is 6. The summed E-state index contributed by atoms with van der Waals surface area (Å²) in [7, 11) is 0. The molecule has 0 spiro atoms. The number of benzene rings is 1. The van der Waals surface area contributed by atoms with Gasteiger partial charge in [0.25, 0.3) is 5.24 Å². The number of carbonyl (C=O) groups excluding carboxylic acids is 1. The molecule has 0 aliphatic rings. The number of nitrogens with one attached hydrogen (secondary N) is 2. The zero-order valence-corrected chi connectivity index (χ0v) is 12.1. The molecule has 0 radical (unpaired) electrons. The van der Waals surface area contributed by atoms with Gasteiger partial charge in [-0.1, -0.05) is 13.0 Å². The lowest BCUT2D eigenvalue weighted by atomic mass is 10.3. The van der Waals surface area contributed by atoms with Gasteiger partial charge in [0.05, 0.1) is 5.56 Å². The molecule has 0 atom stereocenters. The second-order valence-corrected chi connectivity index (χ2v) is 4.64. The lowest BCUT2D eigenvalue weighted by Crippen LogP contribution is -2.09. The van der Waals surface area contributed by atoms with E-state index in [2.05, 4.69) is 20.6 Å². The van der Waals surface area contributed by atoms with Crippen LogP contribution >= 0.6 is 11.6 Å². The molecular formula is C14H14ClFN4O. The molecule has 7 heteroatoms. The average molecular weight is 309 g/mol. The van der Waals surface area contributed by atoms with Crippen LogP contribution in [0.2, 0.25) is 0 Å².